The third-order valence-corrected chi connectivity index (χ3v) is 5.09. The zero-order valence-electron chi connectivity index (χ0n) is 13.9. The molecule has 6 heteroatoms. The topological polar surface area (TPSA) is 71.3 Å². The molecule has 1 aromatic carbocycles. The first-order chi connectivity index (χ1) is 11.7. The Hall–Kier alpha value is -2.37. The molecule has 126 valence electrons. The molecule has 1 spiro atoms. The summed E-state index contributed by atoms with van der Waals surface area (Å²) in [6.45, 7) is 3.60. The highest BCUT2D eigenvalue weighted by molar-refractivity contribution is 5.84. The molecule has 2 fully saturated rings. The number of carbonyl (C=O) groups excluding carboxylic acids is 1. The van der Waals surface area contributed by atoms with Crippen molar-refractivity contribution in [2.24, 2.45) is 5.41 Å². The van der Waals surface area contributed by atoms with Crippen LogP contribution >= 0.6 is 0 Å². The Labute approximate surface area is 141 Å². The fraction of sp³-hybridized carbons (Fsp3) is 0.500. The molecule has 1 aliphatic heterocycles. The van der Waals surface area contributed by atoms with Gasteiger partial charge < -0.3 is 14.6 Å². The third kappa shape index (κ3) is 3.00. The van der Waals surface area contributed by atoms with E-state index in [0.29, 0.717) is 11.3 Å². The summed E-state index contributed by atoms with van der Waals surface area (Å²) in [5, 5.41) is 11.1. The van der Waals surface area contributed by atoms with Crippen LogP contribution in [-0.2, 0) is 4.79 Å². The Morgan fingerprint density at radius 2 is 2.04 bits per heavy atom. The minimum absolute atomic E-state index is 0.112. The smallest absolute Gasteiger partial charge is 0.316 e. The van der Waals surface area contributed by atoms with E-state index in [1.807, 2.05) is 42.2 Å². The van der Waals surface area contributed by atoms with Crippen molar-refractivity contribution in [2.45, 2.75) is 38.6 Å². The first-order valence-electron chi connectivity index (χ1n) is 8.60. The molecule has 1 saturated carbocycles. The normalized spacial score (nSPS) is 20.0. The number of anilines is 1. The SMILES string of the molecule is C[C@H](Nc1nnc(-c2ccccc2)o1)C(=O)N1CCCC2(CC2)C1. The highest BCUT2D eigenvalue weighted by Crippen LogP contribution is 2.52. The summed E-state index contributed by atoms with van der Waals surface area (Å²) in [6.07, 6.45) is 4.91. The predicted molar refractivity (Wildman–Crippen MR) is 90.3 cm³/mol. The average molecular weight is 326 g/mol. The summed E-state index contributed by atoms with van der Waals surface area (Å²) in [6, 6.07) is 9.51. The zero-order chi connectivity index (χ0) is 16.6. The number of hydrogen-bond donors (Lipinski definition) is 1. The van der Waals surface area contributed by atoms with Gasteiger partial charge in [-0.15, -0.1) is 5.10 Å². The lowest BCUT2D eigenvalue weighted by Gasteiger charge is -2.34. The van der Waals surface area contributed by atoms with Gasteiger partial charge in [-0.1, -0.05) is 23.3 Å². The van der Waals surface area contributed by atoms with Crippen molar-refractivity contribution in [1.82, 2.24) is 15.1 Å². The number of aromatic nitrogens is 2. The largest absolute Gasteiger partial charge is 0.403 e. The van der Waals surface area contributed by atoms with E-state index in [4.69, 9.17) is 4.42 Å². The van der Waals surface area contributed by atoms with Gasteiger partial charge in [0.05, 0.1) is 0 Å². The summed E-state index contributed by atoms with van der Waals surface area (Å²) < 4.78 is 5.63. The van der Waals surface area contributed by atoms with Crippen LogP contribution in [-0.4, -0.2) is 40.1 Å². The standard InChI is InChI=1S/C18H22N4O2/c1-13(16(23)22-11-5-8-18(12-22)9-10-18)19-17-21-20-15(24-17)14-6-3-2-4-7-14/h2-4,6-7,13H,5,8-12H2,1H3,(H,19,21)/t13-/m0/s1. The summed E-state index contributed by atoms with van der Waals surface area (Å²) in [5.41, 5.74) is 1.29. The maximum Gasteiger partial charge on any atom is 0.316 e. The second-order valence-electron chi connectivity index (χ2n) is 7.01. The Morgan fingerprint density at radius 1 is 1.25 bits per heavy atom. The van der Waals surface area contributed by atoms with Crippen LogP contribution in [0.3, 0.4) is 0 Å². The lowest BCUT2D eigenvalue weighted by atomic mass is 9.94. The number of rotatable bonds is 4. The number of carbonyl (C=O) groups is 1. The van der Waals surface area contributed by atoms with Gasteiger partial charge in [0, 0.05) is 18.7 Å². The molecule has 24 heavy (non-hydrogen) atoms. The van der Waals surface area contributed by atoms with Crippen LogP contribution in [0.5, 0.6) is 0 Å². The Kier molecular flexibility index (Phi) is 3.75. The van der Waals surface area contributed by atoms with Crippen LogP contribution in [0.15, 0.2) is 34.7 Å². The van der Waals surface area contributed by atoms with Crippen molar-refractivity contribution in [2.75, 3.05) is 18.4 Å². The van der Waals surface area contributed by atoms with Crippen LogP contribution in [0.4, 0.5) is 6.01 Å². The summed E-state index contributed by atoms with van der Waals surface area (Å²) in [4.78, 5) is 14.7. The Bertz CT molecular complexity index is 724. The third-order valence-electron chi connectivity index (χ3n) is 5.09. The molecule has 1 aromatic heterocycles. The van der Waals surface area contributed by atoms with E-state index in [0.717, 1.165) is 25.1 Å². The maximum absolute atomic E-state index is 12.7. The van der Waals surface area contributed by atoms with Gasteiger partial charge in [-0.2, -0.15) is 0 Å². The molecule has 0 bridgehead atoms. The average Bonchev–Trinajstić information content (AvgIpc) is 3.18. The summed E-state index contributed by atoms with van der Waals surface area (Å²) in [5.74, 6) is 0.563. The van der Waals surface area contributed by atoms with Crippen molar-refractivity contribution < 1.29 is 9.21 Å². The van der Waals surface area contributed by atoms with Crippen molar-refractivity contribution in [3.63, 3.8) is 0 Å². The van der Waals surface area contributed by atoms with Gasteiger partial charge in [-0.3, -0.25) is 4.79 Å². The highest BCUT2D eigenvalue weighted by Gasteiger charge is 2.46. The molecule has 6 nitrogen and oxygen atoms in total. The zero-order valence-corrected chi connectivity index (χ0v) is 13.9. The number of hydrogen-bond acceptors (Lipinski definition) is 5. The maximum atomic E-state index is 12.7. The number of piperidine rings is 1. The number of likely N-dealkylation sites (tertiary alicyclic amines) is 1. The quantitative estimate of drug-likeness (QED) is 0.935. The molecule has 1 amide bonds. The van der Waals surface area contributed by atoms with Gasteiger partial charge in [0.15, 0.2) is 0 Å². The van der Waals surface area contributed by atoms with E-state index in [9.17, 15) is 4.79 Å². The minimum Gasteiger partial charge on any atom is -0.403 e. The van der Waals surface area contributed by atoms with E-state index >= 15 is 0 Å². The monoisotopic (exact) mass is 326 g/mol. The molecule has 1 N–H and O–H groups in total. The van der Waals surface area contributed by atoms with E-state index in [1.54, 1.807) is 0 Å². The number of amides is 1. The van der Waals surface area contributed by atoms with E-state index < -0.39 is 0 Å². The van der Waals surface area contributed by atoms with Crippen LogP contribution in [0.1, 0.15) is 32.6 Å². The van der Waals surface area contributed by atoms with Gasteiger partial charge in [-0.25, -0.2) is 0 Å². The van der Waals surface area contributed by atoms with Gasteiger partial charge in [0.25, 0.3) is 0 Å². The molecule has 1 saturated heterocycles. The van der Waals surface area contributed by atoms with Crippen molar-refractivity contribution in [3.8, 4) is 11.5 Å². The molecule has 2 heterocycles. The molecule has 1 atom stereocenters. The molecule has 0 unspecified atom stereocenters. The number of nitrogens with one attached hydrogen (secondary N) is 1. The van der Waals surface area contributed by atoms with Gasteiger partial charge in [-0.05, 0) is 50.2 Å². The van der Waals surface area contributed by atoms with Crippen molar-refractivity contribution >= 4 is 11.9 Å². The molecule has 0 radical (unpaired) electrons. The number of benzene rings is 1. The van der Waals surface area contributed by atoms with E-state index in [2.05, 4.69) is 15.5 Å². The summed E-state index contributed by atoms with van der Waals surface area (Å²) in [7, 11) is 0. The van der Waals surface area contributed by atoms with Gasteiger partial charge >= 0.3 is 6.01 Å². The molecule has 2 aromatic rings. The summed E-state index contributed by atoms with van der Waals surface area (Å²) >= 11 is 0. The Balaban J connectivity index is 1.40. The predicted octanol–water partition coefficient (Wildman–Crippen LogP) is 2.94. The fourth-order valence-electron chi connectivity index (χ4n) is 3.48. The van der Waals surface area contributed by atoms with E-state index in [1.165, 1.54) is 19.3 Å². The van der Waals surface area contributed by atoms with Crippen LogP contribution < -0.4 is 5.32 Å². The second-order valence-corrected chi connectivity index (χ2v) is 7.01. The minimum atomic E-state index is -0.372. The van der Waals surface area contributed by atoms with Crippen molar-refractivity contribution in [1.29, 1.82) is 0 Å². The van der Waals surface area contributed by atoms with Gasteiger partial charge in [0.1, 0.15) is 6.04 Å². The molecule has 2 aliphatic rings. The number of nitrogens with zero attached hydrogens (tertiary/aromatic N) is 3. The van der Waals surface area contributed by atoms with Crippen LogP contribution in [0, 0.1) is 5.41 Å². The van der Waals surface area contributed by atoms with Crippen molar-refractivity contribution in [3.05, 3.63) is 30.3 Å². The van der Waals surface area contributed by atoms with Gasteiger partial charge in [0.2, 0.25) is 11.8 Å². The first-order valence-corrected chi connectivity index (χ1v) is 8.60. The molecule has 4 rings (SSSR count). The molecule has 1 aliphatic carbocycles. The van der Waals surface area contributed by atoms with Crippen LogP contribution in [0.25, 0.3) is 11.5 Å². The second kappa shape index (κ2) is 5.92. The fourth-order valence-corrected chi connectivity index (χ4v) is 3.48. The lowest BCUT2D eigenvalue weighted by molar-refractivity contribution is -0.133. The first kappa shape index (κ1) is 15.2. The molecular weight excluding hydrogens is 304 g/mol. The Morgan fingerprint density at radius 3 is 2.79 bits per heavy atom. The lowest BCUT2D eigenvalue weighted by Crippen LogP contribution is -2.47. The highest BCUT2D eigenvalue weighted by atomic mass is 16.4. The van der Waals surface area contributed by atoms with Crippen LogP contribution in [0.2, 0.25) is 0 Å². The van der Waals surface area contributed by atoms with E-state index in [-0.39, 0.29) is 18.0 Å². The molecular formula is C18H22N4O2.